The molecule has 0 radical (unpaired) electrons. The molecule has 14 heteroatoms. The van der Waals surface area contributed by atoms with Gasteiger partial charge in [0.15, 0.2) is 24.1 Å². The summed E-state index contributed by atoms with van der Waals surface area (Å²) in [4.78, 5) is 41.3. The van der Waals surface area contributed by atoms with Gasteiger partial charge in [-0.1, -0.05) is 5.92 Å². The maximum atomic E-state index is 12.6. The standard InChI is InChI=1S/C28H33NO13/c1-6-12-37-29-27(34)41-21-22(39-17-9-7-8-13-36-17)26(42-28(3,4)23(21)35-5)38-16-11-10-15-19(30)18(24(31)32)25(33)40-20(15)14(16)2/h1,10-11,17,21-23,26,30H,7-9,12-13H2,2-5H3,(H,29,34)(H,31,32)/t17?,21-,22-,23-,26-/m1/s1. The molecule has 1 amide bonds. The van der Waals surface area contributed by atoms with Crippen LogP contribution in [0.3, 0.4) is 0 Å². The number of carboxylic acids is 1. The summed E-state index contributed by atoms with van der Waals surface area (Å²) < 4.78 is 41.3. The molecule has 1 aromatic carbocycles. The molecule has 228 valence electrons. The number of ether oxygens (including phenoxy) is 6. The van der Waals surface area contributed by atoms with Crippen molar-refractivity contribution >= 4 is 23.0 Å². The van der Waals surface area contributed by atoms with Crippen molar-refractivity contribution in [2.45, 2.75) is 76.5 Å². The summed E-state index contributed by atoms with van der Waals surface area (Å²) in [7, 11) is 1.43. The number of carboxylic acid groups (broad SMARTS) is 1. The van der Waals surface area contributed by atoms with Gasteiger partial charge in [0.1, 0.15) is 29.8 Å². The topological polar surface area (TPSA) is 181 Å². The Morgan fingerprint density at radius 2 is 2.00 bits per heavy atom. The molecule has 0 aliphatic carbocycles. The summed E-state index contributed by atoms with van der Waals surface area (Å²) in [5, 5.41) is 19.7. The highest BCUT2D eigenvalue weighted by atomic mass is 16.8. The van der Waals surface area contributed by atoms with Crippen LogP contribution >= 0.6 is 0 Å². The number of hydroxylamine groups is 1. The summed E-state index contributed by atoms with van der Waals surface area (Å²) >= 11 is 0. The van der Waals surface area contributed by atoms with Crippen LogP contribution in [0.1, 0.15) is 49.0 Å². The van der Waals surface area contributed by atoms with Gasteiger partial charge in [-0.15, -0.1) is 6.42 Å². The Hall–Kier alpha value is -3.87. The molecule has 3 N–H and O–H groups in total. The quantitative estimate of drug-likeness (QED) is 0.168. The number of carbonyl (C=O) groups is 2. The van der Waals surface area contributed by atoms with Crippen LogP contribution in [0.4, 0.5) is 4.79 Å². The summed E-state index contributed by atoms with van der Waals surface area (Å²) in [5.74, 6) is 0.0149. The number of benzene rings is 1. The second-order valence-electron chi connectivity index (χ2n) is 10.2. The van der Waals surface area contributed by atoms with Gasteiger partial charge >= 0.3 is 17.7 Å². The van der Waals surface area contributed by atoms with Crippen molar-refractivity contribution in [1.29, 1.82) is 0 Å². The Bertz CT molecular complexity index is 1410. The monoisotopic (exact) mass is 591 g/mol. The van der Waals surface area contributed by atoms with Crippen molar-refractivity contribution in [3.63, 3.8) is 0 Å². The number of aromatic carboxylic acids is 1. The van der Waals surface area contributed by atoms with Gasteiger partial charge in [-0.2, -0.15) is 5.48 Å². The molecule has 2 aliphatic heterocycles. The second-order valence-corrected chi connectivity index (χ2v) is 10.2. The first-order valence-electron chi connectivity index (χ1n) is 13.2. The number of nitrogens with one attached hydrogen (secondary N) is 1. The highest BCUT2D eigenvalue weighted by Crippen LogP contribution is 2.39. The van der Waals surface area contributed by atoms with Crippen molar-refractivity contribution < 1.29 is 57.5 Å². The molecule has 2 aromatic rings. The SMILES string of the molecule is C#CCONC(=O)O[C@@H]1[C@@H](OC2CCCCO2)[C@H](Oc2ccc3c(O)c(C(=O)O)c(=O)oc3c2C)OC(C)(C)[C@@H]1OC. The van der Waals surface area contributed by atoms with E-state index < -0.39 is 65.5 Å². The summed E-state index contributed by atoms with van der Waals surface area (Å²) in [6, 6.07) is 2.80. The average molecular weight is 592 g/mol. The number of rotatable bonds is 9. The van der Waals surface area contributed by atoms with E-state index in [4.69, 9.17) is 44.1 Å². The van der Waals surface area contributed by atoms with Crippen LogP contribution in [0.15, 0.2) is 21.3 Å². The maximum Gasteiger partial charge on any atom is 0.431 e. The Labute approximate surface area is 240 Å². The fourth-order valence-electron chi connectivity index (χ4n) is 5.02. The highest BCUT2D eigenvalue weighted by molar-refractivity contribution is 5.98. The van der Waals surface area contributed by atoms with Gasteiger partial charge in [0.25, 0.3) is 0 Å². The number of terminal acetylenes is 1. The number of methoxy groups -OCH3 is 1. The van der Waals surface area contributed by atoms with Gasteiger partial charge in [0, 0.05) is 19.3 Å². The third-order valence-corrected chi connectivity index (χ3v) is 6.95. The predicted octanol–water partition coefficient (Wildman–Crippen LogP) is 2.61. The molecule has 0 saturated carbocycles. The zero-order valence-electron chi connectivity index (χ0n) is 23.5. The van der Waals surface area contributed by atoms with Crippen LogP contribution in [-0.2, 0) is 28.5 Å². The molecular weight excluding hydrogens is 558 g/mol. The zero-order valence-corrected chi connectivity index (χ0v) is 23.5. The number of carbonyl (C=O) groups excluding carboxylic acids is 1. The molecule has 4 rings (SSSR count). The van der Waals surface area contributed by atoms with Crippen molar-refractivity contribution in [3.05, 3.63) is 33.7 Å². The number of hydrogen-bond acceptors (Lipinski definition) is 12. The Morgan fingerprint density at radius 1 is 1.24 bits per heavy atom. The van der Waals surface area contributed by atoms with Crippen LogP contribution in [0.25, 0.3) is 11.0 Å². The Balaban J connectivity index is 1.72. The van der Waals surface area contributed by atoms with Crippen molar-refractivity contribution in [1.82, 2.24) is 5.48 Å². The fraction of sp³-hybridized carbons (Fsp3) is 0.536. The van der Waals surface area contributed by atoms with Gasteiger partial charge in [0.05, 0.1) is 11.0 Å². The minimum Gasteiger partial charge on any atom is -0.506 e. The van der Waals surface area contributed by atoms with Crippen molar-refractivity contribution in [3.8, 4) is 23.8 Å². The van der Waals surface area contributed by atoms with Crippen LogP contribution in [0.2, 0.25) is 0 Å². The molecule has 3 heterocycles. The molecule has 0 spiro atoms. The third-order valence-electron chi connectivity index (χ3n) is 6.95. The molecular formula is C28H33NO13. The van der Waals surface area contributed by atoms with E-state index in [1.807, 2.05) is 0 Å². The number of aromatic hydroxyl groups is 1. The molecule has 1 aromatic heterocycles. The van der Waals surface area contributed by atoms with Gasteiger partial charge in [-0.3, -0.25) is 4.84 Å². The van der Waals surface area contributed by atoms with E-state index in [1.165, 1.54) is 19.2 Å². The average Bonchev–Trinajstić information content (AvgIpc) is 2.93. The second kappa shape index (κ2) is 13.0. The lowest BCUT2D eigenvalue weighted by molar-refractivity contribution is -0.338. The first-order valence-corrected chi connectivity index (χ1v) is 13.2. The summed E-state index contributed by atoms with van der Waals surface area (Å²) in [6.45, 7) is 5.26. The molecule has 2 aliphatic rings. The number of fused-ring (bicyclic) bond motifs is 1. The van der Waals surface area contributed by atoms with Crippen LogP contribution < -0.4 is 15.8 Å². The van der Waals surface area contributed by atoms with E-state index in [1.54, 1.807) is 20.8 Å². The lowest BCUT2D eigenvalue weighted by atomic mass is 9.89. The molecule has 5 atom stereocenters. The number of aryl methyl sites for hydroxylation is 1. The number of hydrogen-bond donors (Lipinski definition) is 3. The van der Waals surface area contributed by atoms with Gasteiger partial charge in [-0.25, -0.2) is 14.4 Å². The third kappa shape index (κ3) is 6.45. The molecule has 42 heavy (non-hydrogen) atoms. The minimum atomic E-state index is -1.63. The van der Waals surface area contributed by atoms with E-state index in [2.05, 4.69) is 11.4 Å². The highest BCUT2D eigenvalue weighted by Gasteiger charge is 2.55. The molecule has 2 fully saturated rings. The van der Waals surface area contributed by atoms with Crippen LogP contribution in [0.5, 0.6) is 11.5 Å². The van der Waals surface area contributed by atoms with E-state index >= 15 is 0 Å². The van der Waals surface area contributed by atoms with Crippen molar-refractivity contribution in [2.75, 3.05) is 20.3 Å². The minimum absolute atomic E-state index is 0.00514. The van der Waals surface area contributed by atoms with Crippen molar-refractivity contribution in [2.24, 2.45) is 0 Å². The smallest absolute Gasteiger partial charge is 0.431 e. The molecule has 1 unspecified atom stereocenters. The van der Waals surface area contributed by atoms with E-state index in [0.29, 0.717) is 13.0 Å². The van der Waals surface area contributed by atoms with E-state index in [0.717, 1.165) is 12.8 Å². The lowest BCUT2D eigenvalue weighted by Gasteiger charge is -2.49. The van der Waals surface area contributed by atoms with E-state index in [-0.39, 0.29) is 28.9 Å². The zero-order chi connectivity index (χ0) is 30.6. The first kappa shape index (κ1) is 31.1. The van der Waals surface area contributed by atoms with E-state index in [9.17, 15) is 24.6 Å². The van der Waals surface area contributed by atoms with Gasteiger partial charge in [-0.05, 0) is 52.2 Å². The van der Waals surface area contributed by atoms with Gasteiger partial charge in [0.2, 0.25) is 6.29 Å². The summed E-state index contributed by atoms with van der Waals surface area (Å²) in [5.41, 5.74) is -0.925. The number of amides is 1. The normalized spacial score (nSPS) is 25.4. The predicted molar refractivity (Wildman–Crippen MR) is 143 cm³/mol. The maximum absolute atomic E-state index is 12.6. The Morgan fingerprint density at radius 3 is 2.64 bits per heavy atom. The Kier molecular flexibility index (Phi) is 9.60. The molecule has 2 saturated heterocycles. The van der Waals surface area contributed by atoms with Gasteiger partial charge < -0.3 is 43.1 Å². The molecule has 0 bridgehead atoms. The van der Waals surface area contributed by atoms with Crippen LogP contribution in [-0.4, -0.2) is 79.1 Å². The lowest BCUT2D eigenvalue weighted by Crippen LogP contribution is -2.66. The first-order chi connectivity index (χ1) is 20.0. The largest absolute Gasteiger partial charge is 0.506 e. The fourth-order valence-corrected chi connectivity index (χ4v) is 5.02. The molecule has 14 nitrogen and oxygen atoms in total. The van der Waals surface area contributed by atoms with Crippen LogP contribution in [0, 0.1) is 19.3 Å². The summed E-state index contributed by atoms with van der Waals surface area (Å²) in [6.07, 6.45) is 1.54.